The third-order valence-corrected chi connectivity index (χ3v) is 5.74. The molecule has 3 rings (SSSR count). The molecule has 0 aromatic heterocycles. The van der Waals surface area contributed by atoms with E-state index < -0.39 is 0 Å². The molecule has 2 heterocycles. The van der Waals surface area contributed by atoms with E-state index in [9.17, 15) is 4.79 Å². The van der Waals surface area contributed by atoms with Gasteiger partial charge in [0.15, 0.2) is 0 Å². The van der Waals surface area contributed by atoms with Gasteiger partial charge < -0.3 is 25.0 Å². The fourth-order valence-electron chi connectivity index (χ4n) is 4.31. The minimum atomic E-state index is -0.294. The number of carbonyl (C=O) groups is 1. The van der Waals surface area contributed by atoms with Crippen LogP contribution in [0, 0.1) is 18.8 Å². The Hall–Kier alpha value is -1.95. The summed E-state index contributed by atoms with van der Waals surface area (Å²) in [6.45, 7) is 10.0. The van der Waals surface area contributed by atoms with Gasteiger partial charge in [-0.15, -0.1) is 0 Å². The van der Waals surface area contributed by atoms with Crippen molar-refractivity contribution in [2.75, 3.05) is 37.4 Å². The summed E-state index contributed by atoms with van der Waals surface area (Å²) in [6.07, 6.45) is 0.534. The first-order valence-corrected chi connectivity index (χ1v) is 9.52. The van der Waals surface area contributed by atoms with E-state index in [0.717, 1.165) is 17.8 Å². The molecule has 1 aromatic carbocycles. The summed E-state index contributed by atoms with van der Waals surface area (Å²) < 4.78 is 11.0. The van der Waals surface area contributed by atoms with Crippen molar-refractivity contribution >= 4 is 17.5 Å². The van der Waals surface area contributed by atoms with Crippen LogP contribution in [0.3, 0.4) is 0 Å². The fraction of sp³-hybridized carbons (Fsp3) is 0.650. The van der Waals surface area contributed by atoms with Crippen LogP contribution in [-0.4, -0.2) is 49.6 Å². The molecule has 0 saturated carbocycles. The lowest BCUT2D eigenvalue weighted by molar-refractivity contribution is -0.0356. The molecule has 0 bridgehead atoms. The average Bonchev–Trinajstić information content (AvgIpc) is 3.01. The Labute approximate surface area is 156 Å². The number of ether oxygens (including phenoxy) is 2. The van der Waals surface area contributed by atoms with Crippen LogP contribution in [0.25, 0.3) is 0 Å². The van der Waals surface area contributed by atoms with E-state index in [4.69, 9.17) is 9.47 Å². The molecule has 1 saturated heterocycles. The van der Waals surface area contributed by atoms with E-state index >= 15 is 0 Å². The molecular formula is C20H31N3O3. The zero-order valence-electron chi connectivity index (χ0n) is 16.5. The molecule has 6 heteroatoms. The van der Waals surface area contributed by atoms with E-state index in [1.54, 1.807) is 12.0 Å². The van der Waals surface area contributed by atoms with E-state index in [1.807, 2.05) is 6.92 Å². The van der Waals surface area contributed by atoms with Crippen molar-refractivity contribution in [3.05, 3.63) is 23.8 Å². The highest BCUT2D eigenvalue weighted by molar-refractivity contribution is 5.77. The molecule has 2 aliphatic rings. The maximum absolute atomic E-state index is 12.1. The molecule has 0 radical (unpaired) electrons. The predicted molar refractivity (Wildman–Crippen MR) is 103 cm³/mol. The van der Waals surface area contributed by atoms with Crippen LogP contribution in [0.1, 0.15) is 32.8 Å². The average molecular weight is 361 g/mol. The number of nitrogens with one attached hydrogen (secondary N) is 2. The van der Waals surface area contributed by atoms with Crippen LogP contribution in [0.5, 0.6) is 0 Å². The molecule has 144 valence electrons. The Bertz CT molecular complexity index is 664. The molecule has 6 nitrogen and oxygen atoms in total. The molecule has 3 unspecified atom stereocenters. The summed E-state index contributed by atoms with van der Waals surface area (Å²) in [4.78, 5) is 13.9. The zero-order chi connectivity index (χ0) is 18.9. The van der Waals surface area contributed by atoms with Gasteiger partial charge in [0.1, 0.15) is 5.66 Å². The third-order valence-electron chi connectivity index (χ3n) is 5.74. The topological polar surface area (TPSA) is 62.8 Å². The lowest BCUT2D eigenvalue weighted by Gasteiger charge is -2.48. The molecule has 2 N–H and O–H groups in total. The number of nitrogens with zero attached hydrogens (tertiary/aromatic N) is 1. The number of hydrogen-bond acceptors (Lipinski definition) is 5. The summed E-state index contributed by atoms with van der Waals surface area (Å²) in [5.41, 5.74) is 3.21. The van der Waals surface area contributed by atoms with Gasteiger partial charge in [-0.25, -0.2) is 4.79 Å². The van der Waals surface area contributed by atoms with Gasteiger partial charge >= 0.3 is 6.09 Å². The van der Waals surface area contributed by atoms with Crippen molar-refractivity contribution in [1.82, 2.24) is 4.90 Å². The normalized spacial score (nSPS) is 27.7. The highest BCUT2D eigenvalue weighted by atomic mass is 16.6. The number of aryl methyl sites for hydroxylation is 1. The minimum Gasteiger partial charge on any atom is -0.450 e. The lowest BCUT2D eigenvalue weighted by Crippen LogP contribution is -2.62. The Balaban J connectivity index is 1.84. The van der Waals surface area contributed by atoms with Gasteiger partial charge in [-0.3, -0.25) is 0 Å². The third kappa shape index (κ3) is 3.22. The van der Waals surface area contributed by atoms with Crippen molar-refractivity contribution in [3.63, 3.8) is 0 Å². The number of rotatable bonds is 4. The summed E-state index contributed by atoms with van der Waals surface area (Å²) in [5, 5.41) is 7.52. The van der Waals surface area contributed by atoms with Crippen LogP contribution in [0.2, 0.25) is 0 Å². The molecule has 1 fully saturated rings. The molecule has 0 spiro atoms. The van der Waals surface area contributed by atoms with E-state index in [-0.39, 0.29) is 23.8 Å². The number of piperidine rings is 1. The molecule has 0 aliphatic carbocycles. The SMILES string of the molecule is CCOC(=O)N1CCC(C2(C(C)C)Nc3ccc(C)cc3N2)C(OC)C1. The molecule has 1 aromatic rings. The van der Waals surface area contributed by atoms with Crippen LogP contribution in [0.15, 0.2) is 18.2 Å². The van der Waals surface area contributed by atoms with Gasteiger partial charge in [-0.05, 0) is 43.9 Å². The molecule has 2 aliphatic heterocycles. The van der Waals surface area contributed by atoms with Crippen molar-refractivity contribution in [2.24, 2.45) is 11.8 Å². The molecule has 3 atom stereocenters. The standard InChI is InChI=1S/C20H31N3O3/c1-6-26-19(24)23-10-9-15(18(12-23)25-5)20(13(2)3)21-16-8-7-14(4)11-17(16)22-20/h7-8,11,13,15,18,21-22H,6,9-10,12H2,1-5H3. The van der Waals surface area contributed by atoms with E-state index in [1.165, 1.54) is 5.56 Å². The first-order chi connectivity index (χ1) is 12.4. The first-order valence-electron chi connectivity index (χ1n) is 9.52. The maximum Gasteiger partial charge on any atom is 0.409 e. The van der Waals surface area contributed by atoms with Gasteiger partial charge in [0, 0.05) is 19.6 Å². The Kier molecular flexibility index (Phi) is 5.32. The summed E-state index contributed by atoms with van der Waals surface area (Å²) >= 11 is 0. The van der Waals surface area contributed by atoms with Crippen molar-refractivity contribution in [1.29, 1.82) is 0 Å². The van der Waals surface area contributed by atoms with Crippen LogP contribution < -0.4 is 10.6 Å². The Morgan fingerprint density at radius 2 is 2.08 bits per heavy atom. The monoisotopic (exact) mass is 361 g/mol. The number of methoxy groups -OCH3 is 1. The number of hydrogen-bond donors (Lipinski definition) is 2. The molecule has 1 amide bonds. The van der Waals surface area contributed by atoms with Gasteiger partial charge in [-0.1, -0.05) is 19.9 Å². The van der Waals surface area contributed by atoms with E-state index in [0.29, 0.717) is 25.6 Å². The summed E-state index contributed by atoms with van der Waals surface area (Å²) in [6, 6.07) is 6.44. The van der Waals surface area contributed by atoms with Gasteiger partial charge in [0.25, 0.3) is 0 Å². The Morgan fingerprint density at radius 3 is 2.73 bits per heavy atom. The van der Waals surface area contributed by atoms with Crippen molar-refractivity contribution < 1.29 is 14.3 Å². The second-order valence-corrected chi connectivity index (χ2v) is 7.64. The number of carbonyl (C=O) groups excluding carboxylic acids is 1. The fourth-order valence-corrected chi connectivity index (χ4v) is 4.31. The van der Waals surface area contributed by atoms with Crippen molar-refractivity contribution in [2.45, 2.75) is 45.9 Å². The van der Waals surface area contributed by atoms with Crippen molar-refractivity contribution in [3.8, 4) is 0 Å². The molecular weight excluding hydrogens is 330 g/mol. The lowest BCUT2D eigenvalue weighted by atomic mass is 9.76. The number of anilines is 2. The zero-order valence-corrected chi connectivity index (χ0v) is 16.5. The van der Waals surface area contributed by atoms with Crippen LogP contribution in [0.4, 0.5) is 16.2 Å². The summed E-state index contributed by atoms with van der Waals surface area (Å²) in [7, 11) is 1.73. The van der Waals surface area contributed by atoms with Crippen LogP contribution >= 0.6 is 0 Å². The smallest absolute Gasteiger partial charge is 0.409 e. The van der Waals surface area contributed by atoms with E-state index in [2.05, 4.69) is 49.6 Å². The van der Waals surface area contributed by atoms with Crippen LogP contribution in [-0.2, 0) is 9.47 Å². The number of fused-ring (bicyclic) bond motifs is 1. The highest BCUT2D eigenvalue weighted by Gasteiger charge is 2.51. The predicted octanol–water partition coefficient (Wildman–Crippen LogP) is 3.68. The quantitative estimate of drug-likeness (QED) is 0.857. The largest absolute Gasteiger partial charge is 0.450 e. The van der Waals surface area contributed by atoms with Gasteiger partial charge in [-0.2, -0.15) is 0 Å². The van der Waals surface area contributed by atoms with Gasteiger partial charge in [0.05, 0.1) is 30.6 Å². The maximum atomic E-state index is 12.1. The summed E-state index contributed by atoms with van der Waals surface area (Å²) in [5.74, 6) is 0.567. The second-order valence-electron chi connectivity index (χ2n) is 7.64. The number of likely N-dealkylation sites (tertiary alicyclic amines) is 1. The first kappa shape index (κ1) is 18.8. The minimum absolute atomic E-state index is 0.0639. The number of amides is 1. The Morgan fingerprint density at radius 1 is 1.35 bits per heavy atom. The van der Waals surface area contributed by atoms with Gasteiger partial charge in [0.2, 0.25) is 0 Å². The highest BCUT2D eigenvalue weighted by Crippen LogP contribution is 2.45. The molecule has 26 heavy (non-hydrogen) atoms. The second kappa shape index (κ2) is 7.35. The number of benzene rings is 1.